The van der Waals surface area contributed by atoms with E-state index in [1.165, 1.54) is 0 Å². The van der Waals surface area contributed by atoms with Gasteiger partial charge >= 0.3 is 0 Å². The highest BCUT2D eigenvalue weighted by Crippen LogP contribution is 2.30. The molecule has 2 N–H and O–H groups in total. The first-order valence-electron chi connectivity index (χ1n) is 11.4. The molecule has 1 aromatic heterocycles. The summed E-state index contributed by atoms with van der Waals surface area (Å²) in [6.45, 7) is 2.06. The van der Waals surface area contributed by atoms with Crippen molar-refractivity contribution in [2.75, 3.05) is 19.7 Å². The average Bonchev–Trinajstić information content (AvgIpc) is 3.39. The van der Waals surface area contributed by atoms with Crippen LogP contribution in [-0.2, 0) is 9.53 Å². The number of likely N-dealkylation sites (tertiary alicyclic amines) is 1. The molecular formula is C26H27N3O4. The number of ether oxygens (including phenoxy) is 2. The van der Waals surface area contributed by atoms with Crippen molar-refractivity contribution < 1.29 is 19.1 Å². The third kappa shape index (κ3) is 4.54. The van der Waals surface area contributed by atoms with E-state index in [4.69, 9.17) is 15.2 Å². The number of carbonyl (C=O) groups excluding carboxylic acids is 2. The van der Waals surface area contributed by atoms with Gasteiger partial charge in [0.1, 0.15) is 18.0 Å². The number of carbonyl (C=O) groups is 2. The van der Waals surface area contributed by atoms with E-state index in [-0.39, 0.29) is 18.1 Å². The minimum absolute atomic E-state index is 0.0652. The zero-order valence-electron chi connectivity index (χ0n) is 18.4. The van der Waals surface area contributed by atoms with Crippen LogP contribution in [0.1, 0.15) is 36.0 Å². The van der Waals surface area contributed by atoms with Crippen LogP contribution in [-0.4, -0.2) is 53.6 Å². The Balaban J connectivity index is 1.26. The number of aromatic nitrogens is 1. The predicted octanol–water partition coefficient (Wildman–Crippen LogP) is 3.55. The quantitative estimate of drug-likeness (QED) is 0.648. The molecular weight excluding hydrogens is 418 g/mol. The summed E-state index contributed by atoms with van der Waals surface area (Å²) in [6.07, 6.45) is 4.91. The maximum atomic E-state index is 12.5. The van der Waals surface area contributed by atoms with Crippen molar-refractivity contribution in [2.45, 2.75) is 37.9 Å². The number of pyridine rings is 1. The lowest BCUT2D eigenvalue weighted by Crippen LogP contribution is -2.45. The number of hydrogen-bond acceptors (Lipinski definition) is 5. The Morgan fingerprint density at radius 2 is 1.85 bits per heavy atom. The number of fused-ring (bicyclic) bond motifs is 1. The maximum absolute atomic E-state index is 12.5. The minimum Gasteiger partial charge on any atom is -0.490 e. The highest BCUT2D eigenvalue weighted by Gasteiger charge is 2.31. The molecule has 3 aromatic rings. The van der Waals surface area contributed by atoms with Gasteiger partial charge in [0, 0.05) is 49.7 Å². The van der Waals surface area contributed by atoms with Gasteiger partial charge in [-0.15, -0.1) is 0 Å². The average molecular weight is 446 g/mol. The van der Waals surface area contributed by atoms with E-state index in [0.717, 1.165) is 53.5 Å². The maximum Gasteiger partial charge on any atom is 0.251 e. The number of benzene rings is 2. The first-order valence-corrected chi connectivity index (χ1v) is 11.4. The van der Waals surface area contributed by atoms with Gasteiger partial charge in [0.2, 0.25) is 5.91 Å². The molecule has 0 unspecified atom stereocenters. The highest BCUT2D eigenvalue weighted by molar-refractivity contribution is 6.04. The number of nitrogens with zero attached hydrogens (tertiary/aromatic N) is 2. The summed E-state index contributed by atoms with van der Waals surface area (Å²) in [7, 11) is 0. The lowest BCUT2D eigenvalue weighted by Gasteiger charge is -2.33. The fourth-order valence-electron chi connectivity index (χ4n) is 4.64. The zero-order valence-corrected chi connectivity index (χ0v) is 18.4. The van der Waals surface area contributed by atoms with E-state index in [2.05, 4.69) is 4.98 Å². The summed E-state index contributed by atoms with van der Waals surface area (Å²) in [6, 6.07) is 15.1. The summed E-state index contributed by atoms with van der Waals surface area (Å²) in [5, 5.41) is 0.874. The molecule has 170 valence electrons. The van der Waals surface area contributed by atoms with Crippen LogP contribution in [0.4, 0.5) is 0 Å². The second kappa shape index (κ2) is 9.19. The van der Waals surface area contributed by atoms with Gasteiger partial charge in [-0.25, -0.2) is 0 Å². The fourth-order valence-corrected chi connectivity index (χ4v) is 4.64. The van der Waals surface area contributed by atoms with Gasteiger partial charge in [0.25, 0.3) is 5.91 Å². The molecule has 2 aliphatic heterocycles. The Morgan fingerprint density at radius 1 is 1.06 bits per heavy atom. The summed E-state index contributed by atoms with van der Waals surface area (Å²) in [4.78, 5) is 30.9. The third-order valence-corrected chi connectivity index (χ3v) is 6.43. The number of nitrogens with two attached hydrogens (primary N) is 1. The Hall–Kier alpha value is -3.45. The molecule has 0 radical (unpaired) electrons. The minimum atomic E-state index is -0.472. The van der Waals surface area contributed by atoms with Crippen molar-refractivity contribution in [1.29, 1.82) is 0 Å². The number of amides is 2. The molecule has 0 saturated carbocycles. The zero-order chi connectivity index (χ0) is 22.8. The van der Waals surface area contributed by atoms with Gasteiger partial charge in [-0.1, -0.05) is 18.2 Å². The van der Waals surface area contributed by atoms with E-state index >= 15 is 0 Å². The van der Waals surface area contributed by atoms with Crippen molar-refractivity contribution in [1.82, 2.24) is 9.88 Å². The van der Waals surface area contributed by atoms with Gasteiger partial charge in [0.15, 0.2) is 0 Å². The van der Waals surface area contributed by atoms with Crippen LogP contribution in [0.5, 0.6) is 5.75 Å². The van der Waals surface area contributed by atoms with Crippen LogP contribution in [0.15, 0.2) is 54.7 Å². The van der Waals surface area contributed by atoms with Crippen LogP contribution in [0, 0.1) is 0 Å². The van der Waals surface area contributed by atoms with Crippen molar-refractivity contribution in [2.24, 2.45) is 5.73 Å². The number of hydrogen-bond donors (Lipinski definition) is 1. The summed E-state index contributed by atoms with van der Waals surface area (Å²) in [5.41, 5.74) is 8.55. The monoisotopic (exact) mass is 445 g/mol. The SMILES string of the molecule is NC(=O)c1cc2cccnc2cc1-c1ccc(OC2CCN(C(=O)[C@H]3CCCO3)CC2)cc1. The predicted molar refractivity (Wildman–Crippen MR) is 125 cm³/mol. The molecule has 33 heavy (non-hydrogen) atoms. The van der Waals surface area contributed by atoms with Gasteiger partial charge in [-0.05, 0) is 54.3 Å². The van der Waals surface area contributed by atoms with Crippen LogP contribution in [0.3, 0.4) is 0 Å². The van der Waals surface area contributed by atoms with E-state index in [9.17, 15) is 9.59 Å². The van der Waals surface area contributed by atoms with Crippen molar-refractivity contribution in [3.8, 4) is 16.9 Å². The molecule has 5 rings (SSSR count). The summed E-state index contributed by atoms with van der Waals surface area (Å²) < 4.78 is 11.7. The highest BCUT2D eigenvalue weighted by atomic mass is 16.5. The second-order valence-electron chi connectivity index (χ2n) is 8.63. The van der Waals surface area contributed by atoms with Crippen LogP contribution < -0.4 is 10.5 Å². The standard InChI is InChI=1S/C26H27N3O4/c27-25(30)22-15-18-3-1-11-28-23(18)16-21(22)17-5-7-19(8-6-17)33-20-9-12-29(13-10-20)26(31)24-4-2-14-32-24/h1,3,5-8,11,15-16,20,24H,2,4,9-10,12-14H2,(H2,27,30)/t24-/m1/s1. The fraction of sp³-hybridized carbons (Fsp3) is 0.346. The molecule has 2 aliphatic rings. The van der Waals surface area contributed by atoms with Gasteiger partial charge < -0.3 is 20.1 Å². The molecule has 1 atom stereocenters. The largest absolute Gasteiger partial charge is 0.490 e. The molecule has 7 heteroatoms. The topological polar surface area (TPSA) is 94.8 Å². The normalized spacial score (nSPS) is 19.0. The Kier molecular flexibility index (Phi) is 5.96. The van der Waals surface area contributed by atoms with Crippen molar-refractivity contribution in [3.63, 3.8) is 0 Å². The Morgan fingerprint density at radius 3 is 2.55 bits per heavy atom. The molecule has 2 saturated heterocycles. The Labute approximate surface area is 192 Å². The lowest BCUT2D eigenvalue weighted by atomic mass is 9.97. The first kappa shape index (κ1) is 21.4. The molecule has 2 fully saturated rings. The lowest BCUT2D eigenvalue weighted by molar-refractivity contribution is -0.142. The van der Waals surface area contributed by atoms with E-state index in [1.807, 2.05) is 47.4 Å². The third-order valence-electron chi connectivity index (χ3n) is 6.43. The van der Waals surface area contributed by atoms with E-state index in [0.29, 0.717) is 25.3 Å². The van der Waals surface area contributed by atoms with Crippen molar-refractivity contribution in [3.05, 3.63) is 60.3 Å². The molecule has 0 spiro atoms. The first-order chi connectivity index (χ1) is 16.1. The molecule has 2 aromatic carbocycles. The van der Waals surface area contributed by atoms with Gasteiger partial charge in [0.05, 0.1) is 5.52 Å². The van der Waals surface area contributed by atoms with Crippen LogP contribution in [0.2, 0.25) is 0 Å². The molecule has 3 heterocycles. The molecule has 7 nitrogen and oxygen atoms in total. The van der Waals surface area contributed by atoms with E-state index in [1.54, 1.807) is 12.3 Å². The second-order valence-corrected chi connectivity index (χ2v) is 8.63. The summed E-state index contributed by atoms with van der Waals surface area (Å²) in [5.74, 6) is 0.410. The number of primary amides is 1. The molecule has 0 aliphatic carbocycles. The van der Waals surface area contributed by atoms with Crippen LogP contribution >= 0.6 is 0 Å². The summed E-state index contributed by atoms with van der Waals surface area (Å²) >= 11 is 0. The van der Waals surface area contributed by atoms with E-state index < -0.39 is 5.91 Å². The van der Waals surface area contributed by atoms with Crippen molar-refractivity contribution >= 4 is 22.7 Å². The molecule has 0 bridgehead atoms. The smallest absolute Gasteiger partial charge is 0.251 e. The Bertz CT molecular complexity index is 1160. The van der Waals surface area contributed by atoms with Gasteiger partial charge in [-0.2, -0.15) is 0 Å². The number of rotatable bonds is 5. The molecule has 2 amide bonds. The van der Waals surface area contributed by atoms with Crippen LogP contribution in [0.25, 0.3) is 22.0 Å². The van der Waals surface area contributed by atoms with Gasteiger partial charge in [-0.3, -0.25) is 14.6 Å². The number of piperidine rings is 1.